The smallest absolute Gasteiger partial charge is 0.292 e. The Kier molecular flexibility index (Phi) is 6.83. The van der Waals surface area contributed by atoms with Crippen molar-refractivity contribution in [1.82, 2.24) is 0 Å². The van der Waals surface area contributed by atoms with E-state index in [1.165, 1.54) is 0 Å². The number of rotatable bonds is 7. The number of hydrogen-bond acceptors (Lipinski definition) is 3. The number of carbonyl (C=O) groups excluding carboxylic acids is 1. The molecule has 1 N–H and O–H groups in total. The average molecular weight is 218 g/mol. The third kappa shape index (κ3) is 4.24. The Bertz CT molecular complexity index is 158. The van der Waals surface area contributed by atoms with Crippen LogP contribution in [0.1, 0.15) is 33.6 Å². The standard InChI is InChI=1S/C10H22O3Si/c1-4-14(5-2,6-3)13-10(12)8-7-9-11/h11H,4-9H2,1-3H3. The molecule has 0 fully saturated rings. The van der Waals surface area contributed by atoms with Gasteiger partial charge in [0, 0.05) is 13.0 Å². The maximum atomic E-state index is 11.4. The zero-order valence-corrected chi connectivity index (χ0v) is 10.5. The lowest BCUT2D eigenvalue weighted by atomic mass is 10.3. The van der Waals surface area contributed by atoms with E-state index in [1.807, 2.05) is 0 Å². The molecule has 0 aromatic carbocycles. The van der Waals surface area contributed by atoms with Gasteiger partial charge >= 0.3 is 0 Å². The van der Waals surface area contributed by atoms with E-state index in [2.05, 4.69) is 20.8 Å². The largest absolute Gasteiger partial charge is 0.519 e. The molecule has 0 atom stereocenters. The van der Waals surface area contributed by atoms with Crippen LogP contribution >= 0.6 is 0 Å². The minimum Gasteiger partial charge on any atom is -0.519 e. The fraction of sp³-hybridized carbons (Fsp3) is 0.900. The van der Waals surface area contributed by atoms with Gasteiger partial charge in [-0.3, -0.25) is 4.79 Å². The summed E-state index contributed by atoms with van der Waals surface area (Å²) in [7, 11) is -1.76. The minimum atomic E-state index is -1.76. The molecule has 4 heteroatoms. The summed E-state index contributed by atoms with van der Waals surface area (Å²) in [5.41, 5.74) is 0. The second-order valence-electron chi connectivity index (χ2n) is 3.54. The molecule has 14 heavy (non-hydrogen) atoms. The molecule has 0 aliphatic rings. The summed E-state index contributed by atoms with van der Waals surface area (Å²) in [6.07, 6.45) is 0.867. The van der Waals surface area contributed by atoms with E-state index in [0.717, 1.165) is 18.1 Å². The molecule has 0 spiro atoms. The Hall–Kier alpha value is -0.353. The number of aliphatic hydroxyl groups excluding tert-OH is 1. The van der Waals surface area contributed by atoms with Crippen LogP contribution in [0.4, 0.5) is 0 Å². The second-order valence-corrected chi connectivity index (χ2v) is 8.24. The third-order valence-corrected chi connectivity index (χ3v) is 7.33. The maximum Gasteiger partial charge on any atom is 0.292 e. The molecule has 0 heterocycles. The van der Waals surface area contributed by atoms with Gasteiger partial charge in [-0.05, 0) is 24.6 Å². The van der Waals surface area contributed by atoms with Crippen molar-refractivity contribution in [3.63, 3.8) is 0 Å². The Balaban J connectivity index is 4.08. The van der Waals surface area contributed by atoms with Crippen LogP contribution in [0.3, 0.4) is 0 Å². The van der Waals surface area contributed by atoms with E-state index >= 15 is 0 Å². The Morgan fingerprint density at radius 1 is 1.21 bits per heavy atom. The lowest BCUT2D eigenvalue weighted by Gasteiger charge is -2.27. The first kappa shape index (κ1) is 13.6. The molecule has 0 bridgehead atoms. The molecule has 0 unspecified atom stereocenters. The maximum absolute atomic E-state index is 11.4. The zero-order chi connectivity index (χ0) is 11.0. The van der Waals surface area contributed by atoms with Crippen molar-refractivity contribution in [1.29, 1.82) is 0 Å². The lowest BCUT2D eigenvalue weighted by Crippen LogP contribution is -2.38. The molecule has 0 aromatic heterocycles. The molecule has 0 rings (SSSR count). The van der Waals surface area contributed by atoms with Gasteiger partial charge < -0.3 is 9.53 Å². The van der Waals surface area contributed by atoms with Crippen molar-refractivity contribution >= 4 is 14.3 Å². The topological polar surface area (TPSA) is 46.5 Å². The average Bonchev–Trinajstić information content (AvgIpc) is 2.23. The number of carbonyl (C=O) groups is 1. The van der Waals surface area contributed by atoms with Crippen LogP contribution in [0.2, 0.25) is 18.1 Å². The zero-order valence-electron chi connectivity index (χ0n) is 9.51. The first-order valence-electron chi connectivity index (χ1n) is 5.46. The van der Waals surface area contributed by atoms with Gasteiger partial charge in [0.25, 0.3) is 14.3 Å². The summed E-state index contributed by atoms with van der Waals surface area (Å²) in [5, 5.41) is 8.59. The van der Waals surface area contributed by atoms with Crippen LogP contribution in [0.5, 0.6) is 0 Å². The van der Waals surface area contributed by atoms with Crippen molar-refractivity contribution in [2.75, 3.05) is 6.61 Å². The van der Waals surface area contributed by atoms with Gasteiger partial charge in [0.15, 0.2) is 0 Å². The summed E-state index contributed by atoms with van der Waals surface area (Å²) < 4.78 is 5.58. The van der Waals surface area contributed by atoms with E-state index in [1.54, 1.807) is 0 Å². The van der Waals surface area contributed by atoms with Gasteiger partial charge in [0.05, 0.1) is 0 Å². The highest BCUT2D eigenvalue weighted by atomic mass is 28.4. The van der Waals surface area contributed by atoms with Crippen molar-refractivity contribution < 1.29 is 14.3 Å². The Morgan fingerprint density at radius 2 is 1.71 bits per heavy atom. The van der Waals surface area contributed by atoms with Crippen molar-refractivity contribution in [2.45, 2.75) is 51.7 Å². The number of aliphatic hydroxyl groups is 1. The van der Waals surface area contributed by atoms with Gasteiger partial charge in [-0.1, -0.05) is 20.8 Å². The molecule has 0 saturated carbocycles. The van der Waals surface area contributed by atoms with Crippen LogP contribution < -0.4 is 0 Å². The fourth-order valence-electron chi connectivity index (χ4n) is 1.48. The van der Waals surface area contributed by atoms with Gasteiger partial charge in [0.2, 0.25) is 0 Å². The predicted octanol–water partition coefficient (Wildman–Crippen LogP) is 2.31. The van der Waals surface area contributed by atoms with Crippen molar-refractivity contribution in [2.24, 2.45) is 0 Å². The van der Waals surface area contributed by atoms with E-state index in [-0.39, 0.29) is 12.6 Å². The van der Waals surface area contributed by atoms with Crippen LogP contribution in [0, 0.1) is 0 Å². The second kappa shape index (κ2) is 7.01. The molecule has 0 amide bonds. The van der Waals surface area contributed by atoms with E-state index < -0.39 is 8.32 Å². The van der Waals surface area contributed by atoms with Crippen LogP contribution in [0.25, 0.3) is 0 Å². The molecular weight excluding hydrogens is 196 g/mol. The van der Waals surface area contributed by atoms with E-state index in [9.17, 15) is 4.79 Å². The molecule has 0 radical (unpaired) electrons. The monoisotopic (exact) mass is 218 g/mol. The van der Waals surface area contributed by atoms with Crippen LogP contribution in [0.15, 0.2) is 0 Å². The summed E-state index contributed by atoms with van der Waals surface area (Å²) >= 11 is 0. The van der Waals surface area contributed by atoms with Gasteiger partial charge in [-0.15, -0.1) is 0 Å². The summed E-state index contributed by atoms with van der Waals surface area (Å²) in [6.45, 7) is 6.35. The van der Waals surface area contributed by atoms with E-state index in [0.29, 0.717) is 12.8 Å². The fourth-order valence-corrected chi connectivity index (χ4v) is 4.00. The highest BCUT2D eigenvalue weighted by Gasteiger charge is 2.32. The van der Waals surface area contributed by atoms with E-state index in [4.69, 9.17) is 9.53 Å². The highest BCUT2D eigenvalue weighted by Crippen LogP contribution is 2.22. The molecular formula is C10H22O3Si. The molecule has 84 valence electrons. The van der Waals surface area contributed by atoms with Gasteiger partial charge in [-0.2, -0.15) is 0 Å². The van der Waals surface area contributed by atoms with Crippen LogP contribution in [-0.2, 0) is 9.22 Å². The van der Waals surface area contributed by atoms with Gasteiger partial charge in [-0.25, -0.2) is 0 Å². The normalized spacial score (nSPS) is 11.4. The van der Waals surface area contributed by atoms with Crippen molar-refractivity contribution in [3.8, 4) is 0 Å². The molecule has 0 saturated heterocycles. The molecule has 3 nitrogen and oxygen atoms in total. The summed E-state index contributed by atoms with van der Waals surface area (Å²) in [5.74, 6) is -0.128. The third-order valence-electron chi connectivity index (χ3n) is 2.80. The van der Waals surface area contributed by atoms with Crippen molar-refractivity contribution in [3.05, 3.63) is 0 Å². The number of hydrogen-bond donors (Lipinski definition) is 1. The van der Waals surface area contributed by atoms with Gasteiger partial charge in [0.1, 0.15) is 0 Å². The predicted molar refractivity (Wildman–Crippen MR) is 59.6 cm³/mol. The summed E-state index contributed by atoms with van der Waals surface area (Å²) in [4.78, 5) is 11.4. The molecule has 0 aliphatic carbocycles. The summed E-state index contributed by atoms with van der Waals surface area (Å²) in [6, 6.07) is 2.97. The Labute approximate surface area is 87.6 Å². The lowest BCUT2D eigenvalue weighted by molar-refractivity contribution is -0.135. The first-order chi connectivity index (χ1) is 6.64. The SMILES string of the molecule is CC[Si](CC)(CC)OC(=O)CCCO. The minimum absolute atomic E-state index is 0.0635. The quantitative estimate of drug-likeness (QED) is 0.667. The molecule has 0 aliphatic heterocycles. The highest BCUT2D eigenvalue weighted by molar-refractivity contribution is 6.74. The van der Waals surface area contributed by atoms with Crippen LogP contribution in [-0.4, -0.2) is 26.0 Å². The first-order valence-corrected chi connectivity index (χ1v) is 7.99. The molecule has 0 aromatic rings. The Morgan fingerprint density at radius 3 is 2.07 bits per heavy atom.